The maximum absolute atomic E-state index is 9.30. The van der Waals surface area contributed by atoms with Crippen LogP contribution in [0.3, 0.4) is 0 Å². The summed E-state index contributed by atoms with van der Waals surface area (Å²) in [5, 5.41) is 12.5. The lowest BCUT2D eigenvalue weighted by atomic mass is 10.1. The van der Waals surface area contributed by atoms with Crippen molar-refractivity contribution < 1.29 is 5.11 Å². The van der Waals surface area contributed by atoms with E-state index in [0.29, 0.717) is 13.1 Å². The highest BCUT2D eigenvalue weighted by Gasteiger charge is 2.10. The van der Waals surface area contributed by atoms with Gasteiger partial charge in [0, 0.05) is 19.6 Å². The number of hydrogen-bond donors (Lipinski definition) is 3. The van der Waals surface area contributed by atoms with Crippen LogP contribution in [0.25, 0.3) is 0 Å². The molecule has 0 aliphatic heterocycles. The number of hydrogen-bond acceptors (Lipinski definition) is 3. The van der Waals surface area contributed by atoms with E-state index < -0.39 is 6.10 Å². The molecule has 0 aromatic heterocycles. The summed E-state index contributed by atoms with van der Waals surface area (Å²) in [4.78, 5) is 0. The number of nitrogens with two attached hydrogens (primary N) is 1. The second-order valence-corrected chi connectivity index (χ2v) is 4.48. The summed E-state index contributed by atoms with van der Waals surface area (Å²) in [5.74, 6) is 0. The van der Waals surface area contributed by atoms with Gasteiger partial charge in [0.1, 0.15) is 0 Å². The van der Waals surface area contributed by atoms with Gasteiger partial charge in [0.2, 0.25) is 0 Å². The van der Waals surface area contributed by atoms with Crippen molar-refractivity contribution in [2.24, 2.45) is 5.73 Å². The summed E-state index contributed by atoms with van der Waals surface area (Å²) in [6, 6.07) is 6.69. The largest absolute Gasteiger partial charge is 0.390 e. The zero-order valence-electron chi connectivity index (χ0n) is 9.58. The molecular formula is C13H20N2O. The first-order valence-corrected chi connectivity index (χ1v) is 5.99. The fourth-order valence-corrected chi connectivity index (χ4v) is 2.20. The van der Waals surface area contributed by atoms with E-state index in [-0.39, 0.29) is 0 Å². The minimum atomic E-state index is -0.436. The molecule has 0 fully saturated rings. The highest BCUT2D eigenvalue weighted by Crippen LogP contribution is 2.22. The average molecular weight is 220 g/mol. The molecule has 1 aromatic carbocycles. The second kappa shape index (κ2) is 5.43. The van der Waals surface area contributed by atoms with Gasteiger partial charge in [-0.25, -0.2) is 0 Å². The van der Waals surface area contributed by atoms with Crippen LogP contribution in [0, 0.1) is 0 Å². The van der Waals surface area contributed by atoms with Crippen LogP contribution in [0.5, 0.6) is 0 Å². The topological polar surface area (TPSA) is 58.3 Å². The van der Waals surface area contributed by atoms with E-state index in [2.05, 4.69) is 23.5 Å². The van der Waals surface area contributed by atoms with Crippen LogP contribution >= 0.6 is 0 Å². The molecule has 0 heterocycles. The van der Waals surface area contributed by atoms with E-state index >= 15 is 0 Å². The molecule has 0 radical (unpaired) electrons. The molecule has 1 aromatic rings. The number of aryl methyl sites for hydroxylation is 2. The van der Waals surface area contributed by atoms with Crippen LogP contribution in [0.15, 0.2) is 18.2 Å². The van der Waals surface area contributed by atoms with Crippen molar-refractivity contribution >= 4 is 0 Å². The molecule has 3 nitrogen and oxygen atoms in total. The Morgan fingerprint density at radius 1 is 1.31 bits per heavy atom. The SMILES string of the molecule is NCC(O)CNCc1ccc2c(c1)CCC2. The molecule has 0 amide bonds. The molecule has 88 valence electrons. The minimum Gasteiger partial charge on any atom is -0.390 e. The average Bonchev–Trinajstić information content (AvgIpc) is 2.76. The quantitative estimate of drug-likeness (QED) is 0.680. The number of aliphatic hydroxyl groups excluding tert-OH is 1. The molecule has 0 saturated carbocycles. The zero-order valence-corrected chi connectivity index (χ0v) is 9.58. The molecule has 1 atom stereocenters. The van der Waals surface area contributed by atoms with Gasteiger partial charge >= 0.3 is 0 Å². The first kappa shape index (κ1) is 11.6. The summed E-state index contributed by atoms with van der Waals surface area (Å²) in [6.45, 7) is 1.69. The van der Waals surface area contributed by atoms with Crippen molar-refractivity contribution in [2.75, 3.05) is 13.1 Å². The maximum Gasteiger partial charge on any atom is 0.0786 e. The fraction of sp³-hybridized carbons (Fsp3) is 0.538. The Morgan fingerprint density at radius 3 is 2.94 bits per heavy atom. The predicted octanol–water partition coefficient (Wildman–Crippen LogP) is 0.585. The molecule has 3 heteroatoms. The summed E-state index contributed by atoms with van der Waals surface area (Å²) in [6.07, 6.45) is 3.30. The van der Waals surface area contributed by atoms with Gasteiger partial charge in [-0.15, -0.1) is 0 Å². The van der Waals surface area contributed by atoms with Crippen molar-refractivity contribution in [2.45, 2.75) is 31.9 Å². The lowest BCUT2D eigenvalue weighted by Gasteiger charge is -2.10. The molecule has 4 N–H and O–H groups in total. The zero-order chi connectivity index (χ0) is 11.4. The fourth-order valence-electron chi connectivity index (χ4n) is 2.20. The number of nitrogens with one attached hydrogen (secondary N) is 1. The highest BCUT2D eigenvalue weighted by atomic mass is 16.3. The molecule has 1 aliphatic rings. The molecule has 16 heavy (non-hydrogen) atoms. The maximum atomic E-state index is 9.30. The smallest absolute Gasteiger partial charge is 0.0786 e. The van der Waals surface area contributed by atoms with Crippen LogP contribution < -0.4 is 11.1 Å². The van der Waals surface area contributed by atoms with Gasteiger partial charge in [0.05, 0.1) is 6.10 Å². The van der Waals surface area contributed by atoms with Gasteiger partial charge < -0.3 is 16.2 Å². The van der Waals surface area contributed by atoms with E-state index in [4.69, 9.17) is 5.73 Å². The monoisotopic (exact) mass is 220 g/mol. The lowest BCUT2D eigenvalue weighted by Crippen LogP contribution is -2.32. The molecule has 1 aliphatic carbocycles. The van der Waals surface area contributed by atoms with E-state index in [9.17, 15) is 5.11 Å². The van der Waals surface area contributed by atoms with Crippen LogP contribution in [0.1, 0.15) is 23.1 Å². The lowest BCUT2D eigenvalue weighted by molar-refractivity contribution is 0.179. The van der Waals surface area contributed by atoms with E-state index in [0.717, 1.165) is 6.54 Å². The predicted molar refractivity (Wildman–Crippen MR) is 65.2 cm³/mol. The first-order chi connectivity index (χ1) is 7.79. The second-order valence-electron chi connectivity index (χ2n) is 4.48. The normalized spacial score (nSPS) is 16.1. The van der Waals surface area contributed by atoms with Crippen LogP contribution in [-0.2, 0) is 19.4 Å². The van der Waals surface area contributed by atoms with Crippen molar-refractivity contribution in [1.82, 2.24) is 5.32 Å². The van der Waals surface area contributed by atoms with Gasteiger partial charge in [-0.1, -0.05) is 18.2 Å². The van der Waals surface area contributed by atoms with Crippen molar-refractivity contribution in [3.8, 4) is 0 Å². The number of rotatable bonds is 5. The minimum absolute atomic E-state index is 0.317. The Balaban J connectivity index is 1.86. The molecule has 0 spiro atoms. The van der Waals surface area contributed by atoms with Gasteiger partial charge in [0.15, 0.2) is 0 Å². The Bertz CT molecular complexity index is 352. The van der Waals surface area contributed by atoms with Gasteiger partial charge in [-0.05, 0) is 36.0 Å². The molecular weight excluding hydrogens is 200 g/mol. The number of aliphatic hydroxyl groups is 1. The Kier molecular flexibility index (Phi) is 3.93. The standard InChI is InChI=1S/C13H20N2O/c14-7-13(16)9-15-8-10-4-5-11-2-1-3-12(11)6-10/h4-6,13,15-16H,1-3,7-9,14H2. The highest BCUT2D eigenvalue weighted by molar-refractivity contribution is 5.35. The van der Waals surface area contributed by atoms with Crippen molar-refractivity contribution in [3.05, 3.63) is 34.9 Å². The first-order valence-electron chi connectivity index (χ1n) is 5.99. The third kappa shape index (κ3) is 2.82. The number of fused-ring (bicyclic) bond motifs is 1. The molecule has 2 rings (SSSR count). The van der Waals surface area contributed by atoms with Crippen LogP contribution in [0.4, 0.5) is 0 Å². The third-order valence-electron chi connectivity index (χ3n) is 3.14. The van der Waals surface area contributed by atoms with Crippen molar-refractivity contribution in [3.63, 3.8) is 0 Å². The molecule has 0 bridgehead atoms. The summed E-state index contributed by atoms with van der Waals surface area (Å²) in [5.41, 5.74) is 9.64. The Hall–Kier alpha value is -0.900. The third-order valence-corrected chi connectivity index (χ3v) is 3.14. The number of benzene rings is 1. The summed E-state index contributed by atoms with van der Waals surface area (Å²) >= 11 is 0. The van der Waals surface area contributed by atoms with E-state index in [1.165, 1.54) is 36.0 Å². The Labute approximate surface area is 96.7 Å². The molecule has 1 unspecified atom stereocenters. The van der Waals surface area contributed by atoms with E-state index in [1.807, 2.05) is 0 Å². The Morgan fingerprint density at radius 2 is 2.12 bits per heavy atom. The van der Waals surface area contributed by atoms with Crippen LogP contribution in [0.2, 0.25) is 0 Å². The van der Waals surface area contributed by atoms with Gasteiger partial charge in [-0.3, -0.25) is 0 Å². The summed E-state index contributed by atoms with van der Waals surface area (Å²) < 4.78 is 0. The summed E-state index contributed by atoms with van der Waals surface area (Å²) in [7, 11) is 0. The van der Waals surface area contributed by atoms with Gasteiger partial charge in [-0.2, -0.15) is 0 Å². The van der Waals surface area contributed by atoms with Crippen LogP contribution in [-0.4, -0.2) is 24.3 Å². The molecule has 0 saturated heterocycles. The van der Waals surface area contributed by atoms with Gasteiger partial charge in [0.25, 0.3) is 0 Å². The van der Waals surface area contributed by atoms with Crippen molar-refractivity contribution in [1.29, 1.82) is 0 Å². The van der Waals surface area contributed by atoms with E-state index in [1.54, 1.807) is 0 Å².